The Morgan fingerprint density at radius 2 is 1.88 bits per heavy atom. The molecule has 1 amide bonds. The molecular weight excluding hydrogens is 200 g/mol. The Balaban J connectivity index is 2.16. The first-order valence-electron chi connectivity index (χ1n) is 5.68. The molecular formula is C13H20N2O. The van der Waals surface area contributed by atoms with Crippen LogP contribution in [-0.2, 0) is 0 Å². The van der Waals surface area contributed by atoms with E-state index >= 15 is 0 Å². The molecule has 0 saturated carbocycles. The molecule has 0 aliphatic carbocycles. The SMILES string of the molecule is CN(C)CCCCNC(=O)c1ccccc1. The van der Waals surface area contributed by atoms with E-state index in [2.05, 4.69) is 24.3 Å². The number of nitrogens with zero attached hydrogens (tertiary/aromatic N) is 1. The van der Waals surface area contributed by atoms with Gasteiger partial charge in [0.15, 0.2) is 0 Å². The van der Waals surface area contributed by atoms with E-state index in [-0.39, 0.29) is 5.91 Å². The fourth-order valence-electron chi connectivity index (χ4n) is 1.45. The van der Waals surface area contributed by atoms with Crippen molar-refractivity contribution >= 4 is 5.91 Å². The van der Waals surface area contributed by atoms with Crippen LogP contribution in [-0.4, -0.2) is 38.0 Å². The molecule has 0 radical (unpaired) electrons. The third kappa shape index (κ3) is 4.94. The second kappa shape index (κ2) is 7.01. The normalized spacial score (nSPS) is 10.4. The first-order valence-corrected chi connectivity index (χ1v) is 5.68. The topological polar surface area (TPSA) is 32.3 Å². The van der Waals surface area contributed by atoms with Gasteiger partial charge in [-0.1, -0.05) is 18.2 Å². The smallest absolute Gasteiger partial charge is 0.251 e. The quantitative estimate of drug-likeness (QED) is 0.741. The molecule has 0 bridgehead atoms. The zero-order valence-corrected chi connectivity index (χ0v) is 10.1. The lowest BCUT2D eigenvalue weighted by Gasteiger charge is -2.09. The molecule has 1 aromatic carbocycles. The molecule has 0 aliphatic rings. The van der Waals surface area contributed by atoms with Gasteiger partial charge in [0.25, 0.3) is 5.91 Å². The van der Waals surface area contributed by atoms with Crippen LogP contribution in [0.1, 0.15) is 23.2 Å². The highest BCUT2D eigenvalue weighted by molar-refractivity contribution is 5.94. The number of carbonyl (C=O) groups is 1. The molecule has 0 heterocycles. The molecule has 16 heavy (non-hydrogen) atoms. The number of rotatable bonds is 6. The molecule has 1 N–H and O–H groups in total. The Morgan fingerprint density at radius 3 is 2.50 bits per heavy atom. The lowest BCUT2D eigenvalue weighted by molar-refractivity contribution is 0.0953. The zero-order chi connectivity index (χ0) is 11.8. The average Bonchev–Trinajstić information content (AvgIpc) is 2.29. The highest BCUT2D eigenvalue weighted by Crippen LogP contribution is 1.98. The maximum Gasteiger partial charge on any atom is 0.251 e. The monoisotopic (exact) mass is 220 g/mol. The van der Waals surface area contributed by atoms with E-state index in [1.54, 1.807) is 0 Å². The van der Waals surface area contributed by atoms with Gasteiger partial charge in [-0.25, -0.2) is 0 Å². The highest BCUT2D eigenvalue weighted by Gasteiger charge is 2.02. The van der Waals surface area contributed by atoms with Crippen LogP contribution >= 0.6 is 0 Å². The fraction of sp³-hybridized carbons (Fsp3) is 0.462. The minimum absolute atomic E-state index is 0.0189. The lowest BCUT2D eigenvalue weighted by Crippen LogP contribution is -2.25. The predicted octanol–water partition coefficient (Wildman–Crippen LogP) is 1.76. The minimum Gasteiger partial charge on any atom is -0.352 e. The van der Waals surface area contributed by atoms with Gasteiger partial charge >= 0.3 is 0 Å². The van der Waals surface area contributed by atoms with Gasteiger partial charge in [0, 0.05) is 12.1 Å². The Hall–Kier alpha value is -1.35. The molecule has 0 atom stereocenters. The fourth-order valence-corrected chi connectivity index (χ4v) is 1.45. The van der Waals surface area contributed by atoms with E-state index in [1.165, 1.54) is 0 Å². The van der Waals surface area contributed by atoms with E-state index in [4.69, 9.17) is 0 Å². The molecule has 0 fully saturated rings. The lowest BCUT2D eigenvalue weighted by atomic mass is 10.2. The van der Waals surface area contributed by atoms with E-state index in [1.807, 2.05) is 30.3 Å². The average molecular weight is 220 g/mol. The van der Waals surface area contributed by atoms with Crippen LogP contribution in [0, 0.1) is 0 Å². The molecule has 88 valence electrons. The van der Waals surface area contributed by atoms with Gasteiger partial charge in [-0.15, -0.1) is 0 Å². The number of nitrogens with one attached hydrogen (secondary N) is 1. The van der Waals surface area contributed by atoms with Crippen molar-refractivity contribution in [2.45, 2.75) is 12.8 Å². The van der Waals surface area contributed by atoms with Crippen LogP contribution in [0.25, 0.3) is 0 Å². The Bertz CT molecular complexity index is 309. The second-order valence-corrected chi connectivity index (χ2v) is 4.13. The van der Waals surface area contributed by atoms with Crippen molar-refractivity contribution in [2.24, 2.45) is 0 Å². The summed E-state index contributed by atoms with van der Waals surface area (Å²) in [6.07, 6.45) is 2.14. The number of carbonyl (C=O) groups excluding carboxylic acids is 1. The largest absolute Gasteiger partial charge is 0.352 e. The van der Waals surface area contributed by atoms with E-state index in [9.17, 15) is 4.79 Å². The summed E-state index contributed by atoms with van der Waals surface area (Å²) in [6.45, 7) is 1.82. The summed E-state index contributed by atoms with van der Waals surface area (Å²) in [5, 5.41) is 2.92. The molecule has 0 unspecified atom stereocenters. The Kier molecular flexibility index (Phi) is 5.57. The third-order valence-corrected chi connectivity index (χ3v) is 2.35. The Morgan fingerprint density at radius 1 is 1.19 bits per heavy atom. The first-order chi connectivity index (χ1) is 7.70. The van der Waals surface area contributed by atoms with Gasteiger partial charge in [-0.05, 0) is 45.6 Å². The van der Waals surface area contributed by atoms with E-state index < -0.39 is 0 Å². The summed E-state index contributed by atoms with van der Waals surface area (Å²) in [7, 11) is 4.12. The summed E-state index contributed by atoms with van der Waals surface area (Å²) in [5.41, 5.74) is 0.732. The van der Waals surface area contributed by atoms with Gasteiger partial charge in [0.2, 0.25) is 0 Å². The summed E-state index contributed by atoms with van der Waals surface area (Å²) >= 11 is 0. The van der Waals surface area contributed by atoms with E-state index in [0.29, 0.717) is 0 Å². The molecule has 0 saturated heterocycles. The standard InChI is InChI=1S/C13H20N2O/c1-15(2)11-7-6-10-14-13(16)12-8-4-3-5-9-12/h3-5,8-9H,6-7,10-11H2,1-2H3,(H,14,16). The van der Waals surface area contributed by atoms with Crippen molar-refractivity contribution in [2.75, 3.05) is 27.2 Å². The third-order valence-electron chi connectivity index (χ3n) is 2.35. The number of amides is 1. The van der Waals surface area contributed by atoms with Crippen LogP contribution in [0.5, 0.6) is 0 Å². The predicted molar refractivity (Wildman–Crippen MR) is 66.6 cm³/mol. The molecule has 0 aliphatic heterocycles. The maximum atomic E-state index is 11.6. The highest BCUT2D eigenvalue weighted by atomic mass is 16.1. The number of hydrogen-bond acceptors (Lipinski definition) is 2. The van der Waals surface area contributed by atoms with Crippen LogP contribution in [0.2, 0.25) is 0 Å². The number of unbranched alkanes of at least 4 members (excludes halogenated alkanes) is 1. The number of benzene rings is 1. The van der Waals surface area contributed by atoms with Crippen LogP contribution in [0.15, 0.2) is 30.3 Å². The van der Waals surface area contributed by atoms with Crippen LogP contribution in [0.4, 0.5) is 0 Å². The molecule has 3 nitrogen and oxygen atoms in total. The Labute approximate surface area is 97.5 Å². The molecule has 0 spiro atoms. The van der Waals surface area contributed by atoms with Crippen molar-refractivity contribution in [3.8, 4) is 0 Å². The van der Waals surface area contributed by atoms with Gasteiger partial charge < -0.3 is 10.2 Å². The van der Waals surface area contributed by atoms with Crippen molar-refractivity contribution < 1.29 is 4.79 Å². The van der Waals surface area contributed by atoms with Crippen molar-refractivity contribution in [1.29, 1.82) is 0 Å². The summed E-state index contributed by atoms with van der Waals surface area (Å²) in [4.78, 5) is 13.8. The van der Waals surface area contributed by atoms with Crippen LogP contribution < -0.4 is 5.32 Å². The summed E-state index contributed by atoms with van der Waals surface area (Å²) < 4.78 is 0. The van der Waals surface area contributed by atoms with E-state index in [0.717, 1.165) is 31.5 Å². The molecule has 3 heteroatoms. The molecule has 1 aromatic rings. The van der Waals surface area contributed by atoms with Gasteiger partial charge in [-0.2, -0.15) is 0 Å². The zero-order valence-electron chi connectivity index (χ0n) is 10.1. The van der Waals surface area contributed by atoms with Crippen LogP contribution in [0.3, 0.4) is 0 Å². The van der Waals surface area contributed by atoms with Crippen molar-refractivity contribution in [3.05, 3.63) is 35.9 Å². The van der Waals surface area contributed by atoms with Gasteiger partial charge in [-0.3, -0.25) is 4.79 Å². The molecule has 1 rings (SSSR count). The van der Waals surface area contributed by atoms with Gasteiger partial charge in [0.1, 0.15) is 0 Å². The van der Waals surface area contributed by atoms with Crippen molar-refractivity contribution in [1.82, 2.24) is 10.2 Å². The van der Waals surface area contributed by atoms with Crippen molar-refractivity contribution in [3.63, 3.8) is 0 Å². The summed E-state index contributed by atoms with van der Waals surface area (Å²) in [5.74, 6) is 0.0189. The molecule has 0 aromatic heterocycles. The number of hydrogen-bond donors (Lipinski definition) is 1. The van der Waals surface area contributed by atoms with Gasteiger partial charge in [0.05, 0.1) is 0 Å². The summed E-state index contributed by atoms with van der Waals surface area (Å²) in [6, 6.07) is 9.32. The maximum absolute atomic E-state index is 11.6. The first kappa shape index (κ1) is 12.7. The minimum atomic E-state index is 0.0189. The second-order valence-electron chi connectivity index (χ2n) is 4.13.